The number of aromatic nitrogens is 2. The minimum absolute atomic E-state index is 0.0683. The molecule has 2 aliphatic heterocycles. The number of aryl methyl sites for hydroxylation is 1. The predicted molar refractivity (Wildman–Crippen MR) is 88.5 cm³/mol. The molecule has 0 unspecified atom stereocenters. The second-order valence-electron chi connectivity index (χ2n) is 6.64. The van der Waals surface area contributed by atoms with Gasteiger partial charge in [0.05, 0.1) is 23.2 Å². The fourth-order valence-corrected chi connectivity index (χ4v) is 3.95. The number of rotatable bonds is 4. The summed E-state index contributed by atoms with van der Waals surface area (Å²) in [5.74, 6) is -0.0690. The van der Waals surface area contributed by atoms with E-state index in [1.165, 1.54) is 10.9 Å². The molecule has 0 bridgehead atoms. The van der Waals surface area contributed by atoms with Crippen LogP contribution in [0.2, 0.25) is 5.02 Å². The number of primary amides is 1. The standard InChI is InChI=1S/C16H23ClN4O3/c1-20-14(12(17)9-19-20)16(23)21-5-2-10(3-6-21)8-13-11(15(18)22)4-7-24-13/h9-11,13H,2-8H2,1H3,(H2,18,22)/t11-,13-/m1/s1. The summed E-state index contributed by atoms with van der Waals surface area (Å²) in [6, 6.07) is 0. The number of carbonyl (C=O) groups excluding carboxylic acids is 2. The molecule has 7 nitrogen and oxygen atoms in total. The monoisotopic (exact) mass is 354 g/mol. The summed E-state index contributed by atoms with van der Waals surface area (Å²) in [7, 11) is 1.72. The van der Waals surface area contributed by atoms with E-state index < -0.39 is 0 Å². The molecule has 8 heteroatoms. The lowest BCUT2D eigenvalue weighted by molar-refractivity contribution is -0.123. The van der Waals surface area contributed by atoms with Gasteiger partial charge in [0.25, 0.3) is 5.91 Å². The molecule has 2 fully saturated rings. The van der Waals surface area contributed by atoms with Crippen molar-refractivity contribution in [1.29, 1.82) is 0 Å². The predicted octanol–water partition coefficient (Wildman–Crippen LogP) is 1.21. The maximum atomic E-state index is 12.6. The molecule has 24 heavy (non-hydrogen) atoms. The van der Waals surface area contributed by atoms with E-state index in [9.17, 15) is 9.59 Å². The van der Waals surface area contributed by atoms with Crippen LogP contribution in [0.3, 0.4) is 0 Å². The highest BCUT2D eigenvalue weighted by molar-refractivity contribution is 6.33. The number of nitrogens with zero attached hydrogens (tertiary/aromatic N) is 3. The van der Waals surface area contributed by atoms with Gasteiger partial charge in [0, 0.05) is 26.7 Å². The second kappa shape index (κ2) is 7.11. The van der Waals surface area contributed by atoms with Crippen molar-refractivity contribution in [2.75, 3.05) is 19.7 Å². The first-order chi connectivity index (χ1) is 11.5. The molecule has 2 amide bonds. The fraction of sp³-hybridized carbons (Fsp3) is 0.688. The molecule has 2 atom stereocenters. The van der Waals surface area contributed by atoms with Crippen LogP contribution in [0.4, 0.5) is 0 Å². The zero-order valence-corrected chi connectivity index (χ0v) is 14.5. The van der Waals surface area contributed by atoms with Crippen LogP contribution in [0, 0.1) is 11.8 Å². The van der Waals surface area contributed by atoms with Crippen LogP contribution in [0.25, 0.3) is 0 Å². The number of halogens is 1. The van der Waals surface area contributed by atoms with Gasteiger partial charge in [-0.3, -0.25) is 14.3 Å². The average Bonchev–Trinajstić information content (AvgIpc) is 3.14. The minimum Gasteiger partial charge on any atom is -0.377 e. The topological polar surface area (TPSA) is 90.4 Å². The molecule has 0 saturated carbocycles. The Labute approximate surface area is 146 Å². The van der Waals surface area contributed by atoms with E-state index in [2.05, 4.69) is 5.10 Å². The van der Waals surface area contributed by atoms with Crippen molar-refractivity contribution in [1.82, 2.24) is 14.7 Å². The van der Waals surface area contributed by atoms with Gasteiger partial charge in [-0.2, -0.15) is 5.10 Å². The number of hydrogen-bond acceptors (Lipinski definition) is 4. The van der Waals surface area contributed by atoms with Gasteiger partial charge >= 0.3 is 0 Å². The van der Waals surface area contributed by atoms with Gasteiger partial charge < -0.3 is 15.4 Å². The highest BCUT2D eigenvalue weighted by Crippen LogP contribution is 2.31. The number of amides is 2. The van der Waals surface area contributed by atoms with Crippen molar-refractivity contribution in [2.24, 2.45) is 24.6 Å². The molecule has 0 radical (unpaired) electrons. The summed E-state index contributed by atoms with van der Waals surface area (Å²) in [5, 5.41) is 4.40. The number of carbonyl (C=O) groups is 2. The Morgan fingerprint density at radius 1 is 1.38 bits per heavy atom. The van der Waals surface area contributed by atoms with E-state index in [-0.39, 0.29) is 23.8 Å². The van der Waals surface area contributed by atoms with Crippen molar-refractivity contribution in [3.05, 3.63) is 16.9 Å². The molecule has 2 N–H and O–H groups in total. The number of ether oxygens (including phenoxy) is 1. The fourth-order valence-electron chi connectivity index (χ4n) is 3.71. The summed E-state index contributed by atoms with van der Waals surface area (Å²) in [6.45, 7) is 1.96. The average molecular weight is 355 g/mol. The zero-order chi connectivity index (χ0) is 17.3. The Hall–Kier alpha value is -1.60. The van der Waals surface area contributed by atoms with Gasteiger partial charge in [-0.25, -0.2) is 0 Å². The van der Waals surface area contributed by atoms with Crippen LogP contribution < -0.4 is 5.73 Å². The van der Waals surface area contributed by atoms with E-state index >= 15 is 0 Å². The Balaban J connectivity index is 1.54. The van der Waals surface area contributed by atoms with Gasteiger partial charge in [-0.05, 0) is 31.6 Å². The normalized spacial score (nSPS) is 25.2. The Bertz CT molecular complexity index is 605. The summed E-state index contributed by atoms with van der Waals surface area (Å²) < 4.78 is 7.20. The largest absolute Gasteiger partial charge is 0.377 e. The molecule has 1 aromatic rings. The third-order valence-electron chi connectivity index (χ3n) is 5.14. The molecule has 2 aliphatic rings. The van der Waals surface area contributed by atoms with Gasteiger partial charge in [-0.1, -0.05) is 11.6 Å². The number of likely N-dealkylation sites (tertiary alicyclic amines) is 1. The van der Waals surface area contributed by atoms with Gasteiger partial charge in [0.1, 0.15) is 5.69 Å². The van der Waals surface area contributed by atoms with Gasteiger partial charge in [-0.15, -0.1) is 0 Å². The number of nitrogens with two attached hydrogens (primary N) is 1. The summed E-state index contributed by atoms with van der Waals surface area (Å²) in [5.41, 5.74) is 5.88. The molecular formula is C16H23ClN4O3. The van der Waals surface area contributed by atoms with Crippen LogP contribution >= 0.6 is 11.6 Å². The molecule has 1 aromatic heterocycles. The van der Waals surface area contributed by atoms with Crippen LogP contribution in [-0.4, -0.2) is 52.3 Å². The van der Waals surface area contributed by atoms with E-state index in [4.69, 9.17) is 22.1 Å². The van der Waals surface area contributed by atoms with Crippen molar-refractivity contribution in [3.8, 4) is 0 Å². The number of piperidine rings is 1. The van der Waals surface area contributed by atoms with Crippen molar-refractivity contribution in [3.63, 3.8) is 0 Å². The second-order valence-corrected chi connectivity index (χ2v) is 7.05. The Morgan fingerprint density at radius 2 is 2.08 bits per heavy atom. The van der Waals surface area contributed by atoms with E-state index in [0.717, 1.165) is 25.7 Å². The van der Waals surface area contributed by atoms with E-state index in [1.807, 2.05) is 4.90 Å². The zero-order valence-electron chi connectivity index (χ0n) is 13.8. The molecule has 3 rings (SSSR count). The number of hydrogen-bond donors (Lipinski definition) is 1. The first-order valence-electron chi connectivity index (χ1n) is 8.35. The summed E-state index contributed by atoms with van der Waals surface area (Å²) in [6.07, 6.45) is 4.77. The Kier molecular flexibility index (Phi) is 5.10. The lowest BCUT2D eigenvalue weighted by Gasteiger charge is -2.33. The molecule has 0 aromatic carbocycles. The first kappa shape index (κ1) is 17.2. The summed E-state index contributed by atoms with van der Waals surface area (Å²) >= 11 is 6.06. The molecule has 2 saturated heterocycles. The van der Waals surface area contributed by atoms with Crippen molar-refractivity contribution >= 4 is 23.4 Å². The van der Waals surface area contributed by atoms with Crippen molar-refractivity contribution < 1.29 is 14.3 Å². The lowest BCUT2D eigenvalue weighted by atomic mass is 9.86. The molecule has 132 valence electrons. The Morgan fingerprint density at radius 3 is 2.67 bits per heavy atom. The van der Waals surface area contributed by atoms with Gasteiger partial charge in [0.2, 0.25) is 5.91 Å². The van der Waals surface area contributed by atoms with E-state index in [1.54, 1.807) is 7.05 Å². The quantitative estimate of drug-likeness (QED) is 0.879. The van der Waals surface area contributed by atoms with Crippen molar-refractivity contribution in [2.45, 2.75) is 31.8 Å². The van der Waals surface area contributed by atoms with Crippen LogP contribution in [0.15, 0.2) is 6.20 Å². The first-order valence-corrected chi connectivity index (χ1v) is 8.73. The SMILES string of the molecule is Cn1ncc(Cl)c1C(=O)N1CCC(C[C@H]2OCC[C@H]2C(N)=O)CC1. The summed E-state index contributed by atoms with van der Waals surface area (Å²) in [4.78, 5) is 25.9. The van der Waals surface area contributed by atoms with Crippen LogP contribution in [-0.2, 0) is 16.6 Å². The molecule has 0 spiro atoms. The van der Waals surface area contributed by atoms with Crippen LogP contribution in [0.5, 0.6) is 0 Å². The third-order valence-corrected chi connectivity index (χ3v) is 5.42. The molecule has 0 aliphatic carbocycles. The maximum Gasteiger partial charge on any atom is 0.273 e. The lowest BCUT2D eigenvalue weighted by Crippen LogP contribution is -2.40. The third kappa shape index (κ3) is 3.42. The van der Waals surface area contributed by atoms with E-state index in [0.29, 0.717) is 36.3 Å². The smallest absolute Gasteiger partial charge is 0.273 e. The van der Waals surface area contributed by atoms with Crippen LogP contribution in [0.1, 0.15) is 36.2 Å². The highest BCUT2D eigenvalue weighted by atomic mass is 35.5. The highest BCUT2D eigenvalue weighted by Gasteiger charge is 2.35. The molecular weight excluding hydrogens is 332 g/mol. The minimum atomic E-state index is -0.268. The van der Waals surface area contributed by atoms with Gasteiger partial charge in [0.15, 0.2) is 0 Å². The maximum absolute atomic E-state index is 12.6. The molecule has 3 heterocycles.